The Labute approximate surface area is 118 Å². The normalized spacial score (nSPS) is 12.1. The molecule has 0 heterocycles. The van der Waals surface area contributed by atoms with Gasteiger partial charge in [-0.05, 0) is 24.5 Å². The molecule has 1 rings (SSSR count). The smallest absolute Gasteiger partial charge is 0.244 e. The highest BCUT2D eigenvalue weighted by Gasteiger charge is 2.21. The Kier molecular flexibility index (Phi) is 5.28. The molecule has 0 radical (unpaired) electrons. The number of nitrogens with one attached hydrogen (secondary N) is 1. The molecule has 0 fully saturated rings. The summed E-state index contributed by atoms with van der Waals surface area (Å²) in [5.41, 5.74) is 5.70. The van der Waals surface area contributed by atoms with Crippen molar-refractivity contribution >= 4 is 38.9 Å². The van der Waals surface area contributed by atoms with Crippen molar-refractivity contribution in [1.82, 2.24) is 4.72 Å². The summed E-state index contributed by atoms with van der Waals surface area (Å²) in [6, 6.07) is 2.72. The van der Waals surface area contributed by atoms with Crippen molar-refractivity contribution < 1.29 is 8.42 Å². The van der Waals surface area contributed by atoms with Crippen LogP contribution in [0.3, 0.4) is 0 Å². The van der Waals surface area contributed by atoms with E-state index in [-0.39, 0.29) is 15.6 Å². The van der Waals surface area contributed by atoms with Gasteiger partial charge in [-0.25, -0.2) is 13.1 Å². The van der Waals surface area contributed by atoms with E-state index in [4.69, 9.17) is 28.9 Å². The highest BCUT2D eigenvalue weighted by Crippen LogP contribution is 2.30. The molecule has 0 amide bonds. The van der Waals surface area contributed by atoms with E-state index in [1.165, 1.54) is 12.1 Å². The molecule has 0 aliphatic carbocycles. The zero-order valence-electron chi connectivity index (χ0n) is 10.2. The van der Waals surface area contributed by atoms with Crippen LogP contribution in [-0.4, -0.2) is 15.0 Å². The summed E-state index contributed by atoms with van der Waals surface area (Å²) < 4.78 is 26.6. The fraction of sp³-hybridized carbons (Fsp3) is 0.455. The maximum absolute atomic E-state index is 12.0. The van der Waals surface area contributed by atoms with E-state index in [0.717, 1.165) is 6.42 Å². The zero-order chi connectivity index (χ0) is 13.9. The average Bonchev–Trinajstić information content (AvgIpc) is 2.13. The molecule has 0 aliphatic heterocycles. The molecule has 0 aromatic heterocycles. The van der Waals surface area contributed by atoms with Gasteiger partial charge in [-0.15, -0.1) is 0 Å². The van der Waals surface area contributed by atoms with E-state index < -0.39 is 10.0 Å². The number of rotatable bonds is 5. The van der Waals surface area contributed by atoms with Gasteiger partial charge in [-0.3, -0.25) is 0 Å². The standard InChI is InChI=1S/C11H16Cl2N2O2S/c1-7(2)3-4-15-18(16,17)11-9(13)5-8(12)6-10(11)14/h5-7,15H,3-4,14H2,1-2H3. The van der Waals surface area contributed by atoms with Crippen LogP contribution in [0.2, 0.25) is 10.0 Å². The second-order valence-corrected chi connectivity index (χ2v) is 6.93. The highest BCUT2D eigenvalue weighted by atomic mass is 35.5. The molecule has 1 aromatic rings. The molecule has 0 unspecified atom stereocenters. The summed E-state index contributed by atoms with van der Waals surface area (Å²) in [4.78, 5) is -0.114. The SMILES string of the molecule is CC(C)CCNS(=O)(=O)c1c(N)cc(Cl)cc1Cl. The van der Waals surface area contributed by atoms with Crippen LogP contribution in [-0.2, 0) is 10.0 Å². The Morgan fingerprint density at radius 1 is 1.33 bits per heavy atom. The summed E-state index contributed by atoms with van der Waals surface area (Å²) in [5, 5.41) is 0.329. The van der Waals surface area contributed by atoms with E-state index in [0.29, 0.717) is 17.5 Å². The summed E-state index contributed by atoms with van der Waals surface area (Å²) in [6.45, 7) is 4.37. The number of benzene rings is 1. The van der Waals surface area contributed by atoms with Crippen LogP contribution in [0.5, 0.6) is 0 Å². The zero-order valence-corrected chi connectivity index (χ0v) is 12.5. The van der Waals surface area contributed by atoms with E-state index >= 15 is 0 Å². The minimum absolute atomic E-state index is 0.0250. The van der Waals surface area contributed by atoms with Crippen molar-refractivity contribution in [2.75, 3.05) is 12.3 Å². The molecule has 0 aliphatic rings. The Morgan fingerprint density at radius 3 is 2.44 bits per heavy atom. The molecule has 7 heteroatoms. The van der Waals surface area contributed by atoms with Crippen LogP contribution in [0.4, 0.5) is 5.69 Å². The molecule has 18 heavy (non-hydrogen) atoms. The first-order valence-electron chi connectivity index (χ1n) is 5.48. The number of nitrogens with two attached hydrogens (primary N) is 1. The van der Waals surface area contributed by atoms with Crippen LogP contribution in [0, 0.1) is 5.92 Å². The Hall–Kier alpha value is -0.490. The molecule has 3 N–H and O–H groups in total. The van der Waals surface area contributed by atoms with Gasteiger partial charge in [0.25, 0.3) is 0 Å². The van der Waals surface area contributed by atoms with Gasteiger partial charge in [-0.2, -0.15) is 0 Å². The van der Waals surface area contributed by atoms with Crippen LogP contribution in [0.15, 0.2) is 17.0 Å². The van der Waals surface area contributed by atoms with E-state index in [2.05, 4.69) is 4.72 Å². The molecular weight excluding hydrogens is 295 g/mol. The highest BCUT2D eigenvalue weighted by molar-refractivity contribution is 7.89. The number of anilines is 1. The van der Waals surface area contributed by atoms with Crippen molar-refractivity contribution in [3.05, 3.63) is 22.2 Å². The lowest BCUT2D eigenvalue weighted by Gasteiger charge is -2.12. The van der Waals surface area contributed by atoms with Gasteiger partial charge in [0.1, 0.15) is 4.90 Å². The van der Waals surface area contributed by atoms with Crippen molar-refractivity contribution in [2.24, 2.45) is 5.92 Å². The van der Waals surface area contributed by atoms with E-state index in [1.807, 2.05) is 13.8 Å². The molecule has 0 spiro atoms. The predicted octanol–water partition coefficient (Wildman–Crippen LogP) is 2.90. The summed E-state index contributed by atoms with van der Waals surface area (Å²) >= 11 is 11.6. The van der Waals surface area contributed by atoms with Gasteiger partial charge in [0, 0.05) is 11.6 Å². The second-order valence-electron chi connectivity index (χ2n) is 4.39. The first-order chi connectivity index (χ1) is 8.24. The number of nitrogen functional groups attached to an aromatic ring is 1. The van der Waals surface area contributed by atoms with Gasteiger partial charge in [0.15, 0.2) is 0 Å². The van der Waals surface area contributed by atoms with Crippen LogP contribution in [0.1, 0.15) is 20.3 Å². The fourth-order valence-electron chi connectivity index (χ4n) is 1.42. The molecule has 0 bridgehead atoms. The van der Waals surface area contributed by atoms with Crippen molar-refractivity contribution in [3.63, 3.8) is 0 Å². The largest absolute Gasteiger partial charge is 0.398 e. The minimum atomic E-state index is -3.70. The number of halogens is 2. The van der Waals surface area contributed by atoms with Gasteiger partial charge in [0.2, 0.25) is 10.0 Å². The Balaban J connectivity index is 2.99. The summed E-state index contributed by atoms with van der Waals surface area (Å²) in [5.74, 6) is 0.408. The number of sulfonamides is 1. The molecule has 1 aromatic carbocycles. The average molecular weight is 311 g/mol. The number of hydrogen-bond donors (Lipinski definition) is 2. The van der Waals surface area contributed by atoms with Crippen molar-refractivity contribution in [3.8, 4) is 0 Å². The monoisotopic (exact) mass is 310 g/mol. The maximum atomic E-state index is 12.0. The predicted molar refractivity (Wildman–Crippen MR) is 75.5 cm³/mol. The van der Waals surface area contributed by atoms with Crippen LogP contribution >= 0.6 is 23.2 Å². The lowest BCUT2D eigenvalue weighted by molar-refractivity contribution is 0.552. The summed E-state index contributed by atoms with van der Waals surface area (Å²) in [6.07, 6.45) is 0.740. The summed E-state index contributed by atoms with van der Waals surface area (Å²) in [7, 11) is -3.70. The molecule has 0 saturated heterocycles. The second kappa shape index (κ2) is 6.10. The minimum Gasteiger partial charge on any atom is -0.398 e. The quantitative estimate of drug-likeness (QED) is 0.821. The van der Waals surface area contributed by atoms with Gasteiger partial charge >= 0.3 is 0 Å². The van der Waals surface area contributed by atoms with Crippen molar-refractivity contribution in [2.45, 2.75) is 25.2 Å². The molecule has 0 saturated carbocycles. The Morgan fingerprint density at radius 2 is 1.94 bits per heavy atom. The lowest BCUT2D eigenvalue weighted by Crippen LogP contribution is -2.26. The van der Waals surface area contributed by atoms with Crippen LogP contribution in [0.25, 0.3) is 0 Å². The topological polar surface area (TPSA) is 72.2 Å². The van der Waals surface area contributed by atoms with E-state index in [1.54, 1.807) is 0 Å². The van der Waals surface area contributed by atoms with Crippen molar-refractivity contribution in [1.29, 1.82) is 0 Å². The third-order valence-electron chi connectivity index (χ3n) is 2.32. The van der Waals surface area contributed by atoms with Gasteiger partial charge in [0.05, 0.1) is 10.7 Å². The van der Waals surface area contributed by atoms with Crippen LogP contribution < -0.4 is 10.5 Å². The third kappa shape index (κ3) is 4.02. The fourth-order valence-corrected chi connectivity index (χ4v) is 3.45. The lowest BCUT2D eigenvalue weighted by atomic mass is 10.1. The molecular formula is C11H16Cl2N2O2S. The number of hydrogen-bond acceptors (Lipinski definition) is 3. The van der Waals surface area contributed by atoms with Gasteiger partial charge in [-0.1, -0.05) is 37.0 Å². The maximum Gasteiger partial charge on any atom is 0.244 e. The Bertz CT molecular complexity index is 507. The molecule has 0 atom stereocenters. The third-order valence-corrected chi connectivity index (χ3v) is 4.53. The molecule has 102 valence electrons. The molecule has 4 nitrogen and oxygen atoms in total. The first-order valence-corrected chi connectivity index (χ1v) is 7.72. The van der Waals surface area contributed by atoms with E-state index in [9.17, 15) is 8.42 Å². The first kappa shape index (κ1) is 15.6. The van der Waals surface area contributed by atoms with Gasteiger partial charge < -0.3 is 5.73 Å².